The Balaban J connectivity index is 1.60. The zero-order chi connectivity index (χ0) is 26.4. The molecular formula is C31H29NO5. The summed E-state index contributed by atoms with van der Waals surface area (Å²) in [6.45, 7) is 2.45. The average Bonchev–Trinajstić information content (AvgIpc) is 2.92. The number of ether oxygens (including phenoxy) is 2. The number of nitrogens with one attached hydrogen (secondary N) is 1. The number of carboxylic acids is 1. The largest absolute Gasteiger partial charge is 0.507 e. The third-order valence-corrected chi connectivity index (χ3v) is 6.24. The lowest BCUT2D eigenvalue weighted by molar-refractivity contribution is 0.0693. The third-order valence-electron chi connectivity index (χ3n) is 6.24. The molecule has 188 valence electrons. The van der Waals surface area contributed by atoms with Gasteiger partial charge in [-0.3, -0.25) is 0 Å². The van der Waals surface area contributed by atoms with E-state index in [1.807, 2.05) is 36.4 Å². The van der Waals surface area contributed by atoms with Crippen LogP contribution in [0.5, 0.6) is 17.2 Å². The van der Waals surface area contributed by atoms with Crippen LogP contribution in [0.15, 0.2) is 78.9 Å². The number of benzene rings is 4. The van der Waals surface area contributed by atoms with Crippen molar-refractivity contribution in [2.45, 2.75) is 13.5 Å². The normalized spacial score (nSPS) is 10.9. The summed E-state index contributed by atoms with van der Waals surface area (Å²) in [4.78, 5) is 11.3. The lowest BCUT2D eigenvalue weighted by Crippen LogP contribution is -2.06. The molecule has 0 fully saturated rings. The third kappa shape index (κ3) is 5.76. The van der Waals surface area contributed by atoms with Crippen LogP contribution in [-0.2, 0) is 6.54 Å². The molecule has 0 saturated heterocycles. The minimum atomic E-state index is -1.20. The molecule has 3 N–H and O–H groups in total. The van der Waals surface area contributed by atoms with Crippen molar-refractivity contribution in [1.29, 1.82) is 0 Å². The fourth-order valence-electron chi connectivity index (χ4n) is 4.23. The standard InChI is InChI=1S/C31H29NO5/c1-20-22(10-7-11-25(20)23-8-5-4-6-9-23)13-12-21-16-29(36-2)27(30(17-21)37-3)19-32-24-14-15-28(33)26(18-24)31(34)35/h4-18,32-33H,19H2,1-3H3,(H,34,35)/b13-12+. The number of methoxy groups -OCH3 is 2. The van der Waals surface area contributed by atoms with Gasteiger partial charge in [-0.05, 0) is 65.1 Å². The molecule has 0 bridgehead atoms. The molecule has 0 aromatic heterocycles. The average molecular weight is 496 g/mol. The summed E-state index contributed by atoms with van der Waals surface area (Å²) in [5, 5.41) is 22.2. The van der Waals surface area contributed by atoms with Crippen LogP contribution in [-0.4, -0.2) is 30.4 Å². The Labute approximate surface area is 216 Å². The second-order valence-electron chi connectivity index (χ2n) is 8.51. The summed E-state index contributed by atoms with van der Waals surface area (Å²) in [5.41, 5.74) is 6.77. The molecule has 4 aromatic rings. The number of carbonyl (C=O) groups is 1. The minimum Gasteiger partial charge on any atom is -0.507 e. The van der Waals surface area contributed by atoms with Crippen LogP contribution in [0.25, 0.3) is 23.3 Å². The van der Waals surface area contributed by atoms with E-state index in [1.54, 1.807) is 20.3 Å². The van der Waals surface area contributed by atoms with Gasteiger partial charge in [0.15, 0.2) is 0 Å². The lowest BCUT2D eigenvalue weighted by atomic mass is 9.96. The highest BCUT2D eigenvalue weighted by atomic mass is 16.5. The number of aromatic hydroxyl groups is 1. The first-order valence-corrected chi connectivity index (χ1v) is 11.8. The first kappa shape index (κ1) is 25.4. The monoisotopic (exact) mass is 495 g/mol. The van der Waals surface area contributed by atoms with Crippen molar-refractivity contribution in [3.63, 3.8) is 0 Å². The summed E-state index contributed by atoms with van der Waals surface area (Å²) >= 11 is 0. The molecule has 0 aliphatic heterocycles. The maximum atomic E-state index is 11.3. The number of aromatic carboxylic acids is 1. The molecule has 0 radical (unpaired) electrons. The summed E-state index contributed by atoms with van der Waals surface area (Å²) in [5.74, 6) is -0.206. The van der Waals surface area contributed by atoms with Crippen LogP contribution in [0.2, 0.25) is 0 Å². The van der Waals surface area contributed by atoms with Crippen molar-refractivity contribution in [3.05, 3.63) is 107 Å². The molecule has 6 heteroatoms. The van der Waals surface area contributed by atoms with Gasteiger partial charge in [-0.25, -0.2) is 4.79 Å². The van der Waals surface area contributed by atoms with Crippen molar-refractivity contribution in [3.8, 4) is 28.4 Å². The zero-order valence-corrected chi connectivity index (χ0v) is 21.0. The maximum absolute atomic E-state index is 11.3. The van der Waals surface area contributed by atoms with Crippen molar-refractivity contribution in [1.82, 2.24) is 0 Å². The fraction of sp³-hybridized carbons (Fsp3) is 0.129. The molecular weight excluding hydrogens is 466 g/mol. The van der Waals surface area contributed by atoms with E-state index in [0.29, 0.717) is 23.7 Å². The van der Waals surface area contributed by atoms with Crippen LogP contribution in [0, 0.1) is 6.92 Å². The molecule has 0 aliphatic carbocycles. The Morgan fingerprint density at radius 1 is 0.892 bits per heavy atom. The molecule has 0 saturated carbocycles. The van der Waals surface area contributed by atoms with E-state index in [9.17, 15) is 15.0 Å². The number of anilines is 1. The van der Waals surface area contributed by atoms with Crippen molar-refractivity contribution >= 4 is 23.8 Å². The molecule has 37 heavy (non-hydrogen) atoms. The Morgan fingerprint density at radius 2 is 1.59 bits per heavy atom. The summed E-state index contributed by atoms with van der Waals surface area (Å²) in [6, 6.07) is 24.8. The summed E-state index contributed by atoms with van der Waals surface area (Å²) < 4.78 is 11.3. The first-order chi connectivity index (χ1) is 17.9. The fourth-order valence-corrected chi connectivity index (χ4v) is 4.23. The zero-order valence-electron chi connectivity index (χ0n) is 21.0. The topological polar surface area (TPSA) is 88.0 Å². The maximum Gasteiger partial charge on any atom is 0.339 e. The SMILES string of the molecule is COc1cc(/C=C/c2cccc(-c3ccccc3)c2C)cc(OC)c1CNc1ccc(O)c(C(=O)O)c1. The lowest BCUT2D eigenvalue weighted by Gasteiger charge is -2.16. The van der Waals surface area contributed by atoms with E-state index >= 15 is 0 Å². The van der Waals surface area contributed by atoms with Gasteiger partial charge in [0.25, 0.3) is 0 Å². The van der Waals surface area contributed by atoms with E-state index in [4.69, 9.17) is 9.47 Å². The molecule has 0 amide bonds. The molecule has 0 unspecified atom stereocenters. The molecule has 0 spiro atoms. The number of carboxylic acid groups (broad SMARTS) is 1. The number of phenols is 1. The van der Waals surface area contributed by atoms with E-state index < -0.39 is 5.97 Å². The highest BCUT2D eigenvalue weighted by molar-refractivity contribution is 5.92. The van der Waals surface area contributed by atoms with Crippen LogP contribution >= 0.6 is 0 Å². The van der Waals surface area contributed by atoms with Gasteiger partial charge in [-0.1, -0.05) is 60.7 Å². The van der Waals surface area contributed by atoms with Crippen molar-refractivity contribution in [2.24, 2.45) is 0 Å². The molecule has 6 nitrogen and oxygen atoms in total. The molecule has 0 atom stereocenters. The van der Waals surface area contributed by atoms with Gasteiger partial charge in [0, 0.05) is 12.2 Å². The van der Waals surface area contributed by atoms with Gasteiger partial charge in [-0.15, -0.1) is 0 Å². The van der Waals surface area contributed by atoms with Gasteiger partial charge in [0.2, 0.25) is 0 Å². The van der Waals surface area contributed by atoms with E-state index in [1.165, 1.54) is 28.8 Å². The van der Waals surface area contributed by atoms with Crippen LogP contribution < -0.4 is 14.8 Å². The van der Waals surface area contributed by atoms with E-state index in [-0.39, 0.29) is 11.3 Å². The van der Waals surface area contributed by atoms with Crippen molar-refractivity contribution < 1.29 is 24.5 Å². The first-order valence-electron chi connectivity index (χ1n) is 11.8. The second kappa shape index (κ2) is 11.4. The minimum absolute atomic E-state index is 0.170. The van der Waals surface area contributed by atoms with E-state index in [2.05, 4.69) is 48.6 Å². The Kier molecular flexibility index (Phi) is 7.79. The van der Waals surface area contributed by atoms with Crippen LogP contribution in [0.3, 0.4) is 0 Å². The summed E-state index contributed by atoms with van der Waals surface area (Å²) in [7, 11) is 3.20. The number of rotatable bonds is 9. The van der Waals surface area contributed by atoms with Crippen molar-refractivity contribution in [2.75, 3.05) is 19.5 Å². The predicted octanol–water partition coefficient (Wildman–Crippen LogP) is 6.87. The molecule has 0 heterocycles. The van der Waals surface area contributed by atoms with Gasteiger partial charge >= 0.3 is 5.97 Å². The van der Waals surface area contributed by atoms with Crippen LogP contribution in [0.1, 0.15) is 32.6 Å². The number of hydrogen-bond acceptors (Lipinski definition) is 5. The smallest absolute Gasteiger partial charge is 0.339 e. The second-order valence-corrected chi connectivity index (χ2v) is 8.51. The Bertz CT molecular complexity index is 1420. The summed E-state index contributed by atoms with van der Waals surface area (Å²) in [6.07, 6.45) is 4.11. The highest BCUT2D eigenvalue weighted by Crippen LogP contribution is 2.33. The quantitative estimate of drug-likeness (QED) is 0.174. The number of hydrogen-bond donors (Lipinski definition) is 3. The predicted molar refractivity (Wildman–Crippen MR) is 147 cm³/mol. The van der Waals surface area contributed by atoms with Crippen LogP contribution in [0.4, 0.5) is 5.69 Å². The van der Waals surface area contributed by atoms with Gasteiger partial charge < -0.3 is 25.0 Å². The van der Waals surface area contributed by atoms with Gasteiger partial charge in [-0.2, -0.15) is 0 Å². The van der Waals surface area contributed by atoms with Gasteiger partial charge in [0.05, 0.1) is 19.8 Å². The van der Waals surface area contributed by atoms with E-state index in [0.717, 1.165) is 16.7 Å². The Hall–Kier alpha value is -4.71. The molecule has 4 aromatic carbocycles. The highest BCUT2D eigenvalue weighted by Gasteiger charge is 2.14. The Morgan fingerprint density at radius 3 is 2.24 bits per heavy atom. The molecule has 0 aliphatic rings. The van der Waals surface area contributed by atoms with Gasteiger partial charge in [0.1, 0.15) is 22.8 Å². The molecule has 4 rings (SSSR count).